The van der Waals surface area contributed by atoms with Crippen LogP contribution in [0.25, 0.3) is 5.78 Å². The first-order valence-electron chi connectivity index (χ1n) is 6.79. The summed E-state index contributed by atoms with van der Waals surface area (Å²) in [7, 11) is 2.69. The lowest BCUT2D eigenvalue weighted by Gasteiger charge is -2.10. The van der Waals surface area contributed by atoms with Crippen LogP contribution in [-0.2, 0) is 14.1 Å². The van der Waals surface area contributed by atoms with Gasteiger partial charge in [-0.25, -0.2) is 14.3 Å². The summed E-state index contributed by atoms with van der Waals surface area (Å²) in [6, 6.07) is 1.70. The molecule has 0 bridgehead atoms. The number of hydrogen-bond donors (Lipinski definition) is 1. The third-order valence-electron chi connectivity index (χ3n) is 3.42. The highest BCUT2D eigenvalue weighted by Gasteiger charge is 2.20. The summed E-state index contributed by atoms with van der Waals surface area (Å²) in [5, 5.41) is 4.51. The van der Waals surface area contributed by atoms with Crippen molar-refractivity contribution in [3.63, 3.8) is 0 Å². The Morgan fingerprint density at radius 3 is 2.75 bits per heavy atom. The first-order valence-corrected chi connectivity index (χ1v) is 7.77. The van der Waals surface area contributed by atoms with Gasteiger partial charge in [0.2, 0.25) is 5.16 Å². The zero-order valence-electron chi connectivity index (χ0n) is 12.8. The fraction of sp³-hybridized carbons (Fsp3) is 0.231. The lowest BCUT2D eigenvalue weighted by Crippen LogP contribution is -2.41. The van der Waals surface area contributed by atoms with Crippen LogP contribution in [0.4, 0.5) is 5.82 Å². The lowest BCUT2D eigenvalue weighted by molar-refractivity contribution is 0.102. The zero-order chi connectivity index (χ0) is 17.4. The molecule has 0 aromatic carbocycles. The molecule has 2 N–H and O–H groups in total. The van der Waals surface area contributed by atoms with Crippen molar-refractivity contribution in [2.75, 3.05) is 11.5 Å². The number of rotatable bonds is 4. The highest BCUT2D eigenvalue weighted by atomic mass is 32.2. The van der Waals surface area contributed by atoms with Crippen LogP contribution in [0.15, 0.2) is 33.2 Å². The average Bonchev–Trinajstić information content (AvgIpc) is 2.99. The summed E-state index contributed by atoms with van der Waals surface area (Å²) in [6.45, 7) is 0. The molecular weight excluding hydrogens is 334 g/mol. The van der Waals surface area contributed by atoms with E-state index in [-0.39, 0.29) is 17.1 Å². The van der Waals surface area contributed by atoms with Crippen LogP contribution >= 0.6 is 11.8 Å². The van der Waals surface area contributed by atoms with Gasteiger partial charge < -0.3 is 5.73 Å². The maximum atomic E-state index is 12.4. The van der Waals surface area contributed by atoms with Crippen molar-refractivity contribution < 1.29 is 4.79 Å². The Kier molecular flexibility index (Phi) is 3.93. The van der Waals surface area contributed by atoms with Crippen LogP contribution in [0.3, 0.4) is 0 Å². The standard InChI is InChI=1S/C13H13N7O3S/c1-18-9(14)8(10(22)19(2)13(18)23)7(21)6-24-12-16-11-15-4-3-5-20(11)17-12/h3-5H,6,14H2,1-2H3. The molecule has 24 heavy (non-hydrogen) atoms. The summed E-state index contributed by atoms with van der Waals surface area (Å²) in [5.74, 6) is -0.335. The van der Waals surface area contributed by atoms with Crippen molar-refractivity contribution in [1.82, 2.24) is 28.7 Å². The first-order chi connectivity index (χ1) is 11.4. The summed E-state index contributed by atoms with van der Waals surface area (Å²) >= 11 is 1.06. The van der Waals surface area contributed by atoms with Gasteiger partial charge in [-0.1, -0.05) is 11.8 Å². The van der Waals surface area contributed by atoms with Crippen LogP contribution in [-0.4, -0.2) is 40.3 Å². The van der Waals surface area contributed by atoms with Crippen molar-refractivity contribution in [3.05, 3.63) is 44.9 Å². The Labute approximate surface area is 139 Å². The van der Waals surface area contributed by atoms with E-state index in [1.807, 2.05) is 0 Å². The van der Waals surface area contributed by atoms with Crippen LogP contribution in [0.5, 0.6) is 0 Å². The third-order valence-corrected chi connectivity index (χ3v) is 4.26. The Morgan fingerprint density at radius 2 is 2.04 bits per heavy atom. The average molecular weight is 347 g/mol. The quantitative estimate of drug-likeness (QED) is 0.474. The van der Waals surface area contributed by atoms with Crippen LogP contribution < -0.4 is 17.0 Å². The molecule has 0 aliphatic carbocycles. The molecule has 0 aliphatic rings. The molecule has 0 amide bonds. The Bertz CT molecular complexity index is 1030. The maximum Gasteiger partial charge on any atom is 0.332 e. The molecule has 0 saturated heterocycles. The number of nitrogens with two attached hydrogens (primary N) is 1. The second kappa shape index (κ2) is 5.92. The summed E-state index contributed by atoms with van der Waals surface area (Å²) in [5.41, 5.74) is 4.24. The van der Waals surface area contributed by atoms with Gasteiger partial charge in [-0.3, -0.25) is 18.7 Å². The van der Waals surface area contributed by atoms with Crippen molar-refractivity contribution in [1.29, 1.82) is 0 Å². The van der Waals surface area contributed by atoms with Gasteiger partial charge in [-0.2, -0.15) is 4.98 Å². The fourth-order valence-electron chi connectivity index (χ4n) is 2.10. The van der Waals surface area contributed by atoms with Gasteiger partial charge in [0.15, 0.2) is 5.78 Å². The maximum absolute atomic E-state index is 12.4. The molecule has 0 spiro atoms. The highest BCUT2D eigenvalue weighted by Crippen LogP contribution is 2.16. The molecule has 0 unspecified atom stereocenters. The second-order valence-electron chi connectivity index (χ2n) is 4.94. The van der Waals surface area contributed by atoms with Crippen LogP contribution in [0.1, 0.15) is 10.4 Å². The minimum Gasteiger partial charge on any atom is -0.384 e. The molecule has 0 atom stereocenters. The van der Waals surface area contributed by atoms with E-state index in [0.29, 0.717) is 10.9 Å². The number of thioether (sulfide) groups is 1. The monoisotopic (exact) mass is 347 g/mol. The molecule has 3 aromatic heterocycles. The highest BCUT2D eigenvalue weighted by molar-refractivity contribution is 7.99. The largest absolute Gasteiger partial charge is 0.384 e. The Hall–Kier alpha value is -2.95. The number of carbonyl (C=O) groups excluding carboxylic acids is 1. The Morgan fingerprint density at radius 1 is 1.29 bits per heavy atom. The molecule has 0 aliphatic heterocycles. The van der Waals surface area contributed by atoms with E-state index >= 15 is 0 Å². The predicted octanol–water partition coefficient (Wildman–Crippen LogP) is -0.921. The third kappa shape index (κ3) is 2.58. The molecule has 3 aromatic rings. The molecule has 3 heterocycles. The van der Waals surface area contributed by atoms with Crippen molar-refractivity contribution in [2.45, 2.75) is 5.16 Å². The predicted molar refractivity (Wildman–Crippen MR) is 87.2 cm³/mol. The van der Waals surface area contributed by atoms with E-state index < -0.39 is 17.0 Å². The molecule has 0 saturated carbocycles. The number of nitrogen functional groups attached to an aromatic ring is 1. The molecular formula is C13H13N7O3S. The van der Waals surface area contributed by atoms with Gasteiger partial charge in [0.05, 0.1) is 5.75 Å². The van der Waals surface area contributed by atoms with Crippen molar-refractivity contribution in [2.24, 2.45) is 14.1 Å². The number of carbonyl (C=O) groups is 1. The smallest absolute Gasteiger partial charge is 0.332 e. The van der Waals surface area contributed by atoms with Crippen LogP contribution in [0.2, 0.25) is 0 Å². The topological polar surface area (TPSA) is 130 Å². The Balaban J connectivity index is 1.88. The van der Waals surface area contributed by atoms with Gasteiger partial charge in [0, 0.05) is 26.5 Å². The number of nitrogens with zero attached hydrogens (tertiary/aromatic N) is 6. The number of anilines is 1. The van der Waals surface area contributed by atoms with E-state index in [0.717, 1.165) is 20.9 Å². The van der Waals surface area contributed by atoms with Crippen LogP contribution in [0, 0.1) is 0 Å². The summed E-state index contributed by atoms with van der Waals surface area (Å²) < 4.78 is 3.39. The number of aromatic nitrogens is 6. The molecule has 3 rings (SSSR count). The molecule has 0 fully saturated rings. The number of Topliss-reactive ketones (excluding diaryl/α,β-unsaturated/α-hetero) is 1. The van der Waals surface area contributed by atoms with Gasteiger partial charge in [-0.15, -0.1) is 5.10 Å². The number of hydrogen-bond acceptors (Lipinski definition) is 8. The SMILES string of the molecule is Cn1c(N)c(C(=O)CSc2nc3ncccn3n2)c(=O)n(C)c1=O. The van der Waals surface area contributed by atoms with Gasteiger partial charge in [0.25, 0.3) is 11.3 Å². The van der Waals surface area contributed by atoms with Gasteiger partial charge in [-0.05, 0) is 6.07 Å². The zero-order valence-corrected chi connectivity index (χ0v) is 13.6. The minimum absolute atomic E-state index is 0.0888. The minimum atomic E-state index is -0.717. The van der Waals surface area contributed by atoms with E-state index in [9.17, 15) is 14.4 Å². The van der Waals surface area contributed by atoms with Crippen molar-refractivity contribution >= 4 is 29.1 Å². The first kappa shape index (κ1) is 15.9. The van der Waals surface area contributed by atoms with E-state index in [1.165, 1.54) is 18.6 Å². The summed E-state index contributed by atoms with van der Waals surface area (Å²) in [4.78, 5) is 44.5. The molecule has 0 radical (unpaired) electrons. The molecule has 124 valence electrons. The molecule has 10 nitrogen and oxygen atoms in total. The van der Waals surface area contributed by atoms with Crippen molar-refractivity contribution in [3.8, 4) is 0 Å². The van der Waals surface area contributed by atoms with Gasteiger partial charge in [0.1, 0.15) is 11.4 Å². The number of ketones is 1. The lowest BCUT2D eigenvalue weighted by atomic mass is 10.2. The normalized spacial score (nSPS) is 11.1. The molecule has 11 heteroatoms. The number of fused-ring (bicyclic) bond motifs is 1. The fourth-order valence-corrected chi connectivity index (χ4v) is 2.80. The van der Waals surface area contributed by atoms with Gasteiger partial charge >= 0.3 is 5.69 Å². The van der Waals surface area contributed by atoms with E-state index in [2.05, 4.69) is 15.1 Å². The van der Waals surface area contributed by atoms with E-state index in [4.69, 9.17) is 5.73 Å². The second-order valence-corrected chi connectivity index (χ2v) is 5.88. The van der Waals surface area contributed by atoms with E-state index in [1.54, 1.807) is 18.5 Å². The summed E-state index contributed by atoms with van der Waals surface area (Å²) in [6.07, 6.45) is 3.26.